The second-order valence-electron chi connectivity index (χ2n) is 3.66. The molecule has 0 spiro atoms. The summed E-state index contributed by atoms with van der Waals surface area (Å²) in [6, 6.07) is -0.369. The van der Waals surface area contributed by atoms with Gasteiger partial charge in [0.2, 0.25) is 5.95 Å². The Balaban J connectivity index is 2.66. The summed E-state index contributed by atoms with van der Waals surface area (Å²) in [5.41, 5.74) is -0.216. The first-order valence-electron chi connectivity index (χ1n) is 4.68. The van der Waals surface area contributed by atoms with Crippen molar-refractivity contribution >= 4 is 21.5 Å². The molecule has 1 atom stereocenters. The summed E-state index contributed by atoms with van der Waals surface area (Å²) in [4.78, 5) is 17.2. The van der Waals surface area contributed by atoms with E-state index in [0.717, 1.165) is 18.6 Å². The van der Waals surface area contributed by atoms with Crippen molar-refractivity contribution in [1.82, 2.24) is 9.97 Å². The molecule has 0 aliphatic carbocycles. The fourth-order valence-corrected chi connectivity index (χ4v) is 2.20. The van der Waals surface area contributed by atoms with Crippen molar-refractivity contribution in [3.05, 3.63) is 22.5 Å². The predicted octanol–water partition coefficient (Wildman–Crippen LogP) is 0.230. The minimum atomic E-state index is -3.09. The lowest BCUT2D eigenvalue weighted by atomic mass is 10.4. The Morgan fingerprint density at radius 2 is 2.00 bits per heavy atom. The van der Waals surface area contributed by atoms with Gasteiger partial charge in [-0.25, -0.2) is 18.4 Å². The maximum absolute atomic E-state index is 11.0. The summed E-state index contributed by atoms with van der Waals surface area (Å²) in [6.07, 6.45) is 3.24. The summed E-state index contributed by atoms with van der Waals surface area (Å²) in [5.74, 6) is 0.0969. The van der Waals surface area contributed by atoms with Crippen molar-refractivity contribution in [2.45, 2.75) is 13.0 Å². The zero-order valence-corrected chi connectivity index (χ0v) is 10.1. The lowest BCUT2D eigenvalue weighted by molar-refractivity contribution is -0.385. The molecule has 1 aromatic heterocycles. The molecule has 94 valence electrons. The second kappa shape index (κ2) is 5.04. The number of hydrogen-bond acceptors (Lipinski definition) is 7. The highest BCUT2D eigenvalue weighted by Crippen LogP contribution is 2.09. The van der Waals surface area contributed by atoms with Gasteiger partial charge in [-0.05, 0) is 6.92 Å². The Kier molecular flexibility index (Phi) is 3.94. The molecule has 8 nitrogen and oxygen atoms in total. The Hall–Kier alpha value is -1.77. The number of nitrogens with one attached hydrogen (secondary N) is 1. The van der Waals surface area contributed by atoms with Crippen LogP contribution in [0.25, 0.3) is 0 Å². The summed E-state index contributed by atoms with van der Waals surface area (Å²) in [7, 11) is -3.09. The molecule has 1 unspecified atom stereocenters. The van der Waals surface area contributed by atoms with Gasteiger partial charge in [-0.15, -0.1) is 0 Å². The van der Waals surface area contributed by atoms with Crippen LogP contribution >= 0.6 is 0 Å². The average Bonchev–Trinajstić information content (AvgIpc) is 2.15. The van der Waals surface area contributed by atoms with E-state index in [4.69, 9.17) is 0 Å². The number of nitro groups is 1. The van der Waals surface area contributed by atoms with Crippen LogP contribution in [0, 0.1) is 10.1 Å². The molecule has 0 aliphatic rings. The van der Waals surface area contributed by atoms with Gasteiger partial charge in [-0.1, -0.05) is 0 Å². The third-order valence-electron chi connectivity index (χ3n) is 1.78. The van der Waals surface area contributed by atoms with E-state index in [0.29, 0.717) is 0 Å². The molecule has 0 radical (unpaired) electrons. The van der Waals surface area contributed by atoms with Gasteiger partial charge in [0.25, 0.3) is 0 Å². The van der Waals surface area contributed by atoms with Gasteiger partial charge in [0.1, 0.15) is 22.2 Å². The van der Waals surface area contributed by atoms with Crippen LogP contribution in [0.3, 0.4) is 0 Å². The molecule has 1 N–H and O–H groups in total. The topological polar surface area (TPSA) is 115 Å². The summed E-state index contributed by atoms with van der Waals surface area (Å²) >= 11 is 0. The molecule has 0 aromatic carbocycles. The molecule has 1 rings (SSSR count). The molecular weight excluding hydrogens is 248 g/mol. The molecule has 0 fully saturated rings. The highest BCUT2D eigenvalue weighted by Gasteiger charge is 2.12. The van der Waals surface area contributed by atoms with Crippen LogP contribution in [-0.2, 0) is 9.84 Å². The molecular formula is C8H12N4O4S. The van der Waals surface area contributed by atoms with Crippen LogP contribution in [0.5, 0.6) is 0 Å². The summed E-state index contributed by atoms with van der Waals surface area (Å²) < 4.78 is 22.0. The second-order valence-corrected chi connectivity index (χ2v) is 5.84. The lowest BCUT2D eigenvalue weighted by Crippen LogP contribution is -2.25. The van der Waals surface area contributed by atoms with E-state index in [2.05, 4.69) is 15.3 Å². The van der Waals surface area contributed by atoms with Crippen molar-refractivity contribution in [3.63, 3.8) is 0 Å². The smallest absolute Gasteiger partial charge is 0.305 e. The Labute approximate surface area is 98.2 Å². The van der Waals surface area contributed by atoms with Crippen molar-refractivity contribution in [3.8, 4) is 0 Å². The zero-order chi connectivity index (χ0) is 13.1. The van der Waals surface area contributed by atoms with E-state index < -0.39 is 14.8 Å². The fraction of sp³-hybridized carbons (Fsp3) is 0.500. The first kappa shape index (κ1) is 13.3. The van der Waals surface area contributed by atoms with Gasteiger partial charge in [-0.3, -0.25) is 10.1 Å². The maximum Gasteiger partial charge on any atom is 0.305 e. The minimum absolute atomic E-state index is 0.0622. The first-order valence-corrected chi connectivity index (χ1v) is 6.74. The van der Waals surface area contributed by atoms with E-state index in [1.165, 1.54) is 0 Å². The van der Waals surface area contributed by atoms with Crippen molar-refractivity contribution in [2.75, 3.05) is 17.3 Å². The van der Waals surface area contributed by atoms with Crippen LogP contribution in [0.2, 0.25) is 0 Å². The number of hydrogen-bond donors (Lipinski definition) is 1. The largest absolute Gasteiger partial charge is 0.351 e. The molecule has 0 saturated carbocycles. The third kappa shape index (κ3) is 4.72. The quantitative estimate of drug-likeness (QED) is 0.595. The number of nitrogens with zero attached hydrogens (tertiary/aromatic N) is 3. The van der Waals surface area contributed by atoms with Crippen LogP contribution in [0.4, 0.5) is 11.6 Å². The zero-order valence-electron chi connectivity index (χ0n) is 9.32. The summed E-state index contributed by atoms with van der Waals surface area (Å²) in [5, 5.41) is 13.1. The Bertz CT molecular complexity index is 499. The van der Waals surface area contributed by atoms with Gasteiger partial charge < -0.3 is 5.32 Å². The van der Waals surface area contributed by atoms with Crippen LogP contribution in [0.1, 0.15) is 6.92 Å². The molecule has 17 heavy (non-hydrogen) atoms. The number of anilines is 1. The standard InChI is InChI=1S/C8H12N4O4S/c1-6(5-17(2,15)16)11-8-9-3-7(4-10-8)12(13)14/h3-4,6H,5H2,1-2H3,(H,9,10,11). The molecule has 0 aliphatic heterocycles. The van der Waals surface area contributed by atoms with Gasteiger partial charge >= 0.3 is 5.69 Å². The van der Waals surface area contributed by atoms with Crippen LogP contribution in [-0.4, -0.2) is 41.4 Å². The lowest BCUT2D eigenvalue weighted by Gasteiger charge is -2.11. The SMILES string of the molecule is CC(CS(C)(=O)=O)Nc1ncc([N+](=O)[O-])cn1. The molecule has 0 amide bonds. The average molecular weight is 260 g/mol. The highest BCUT2D eigenvalue weighted by molar-refractivity contribution is 7.90. The molecule has 1 heterocycles. The fourth-order valence-electron chi connectivity index (χ4n) is 1.21. The normalized spacial score (nSPS) is 13.1. The number of aromatic nitrogens is 2. The van der Waals surface area contributed by atoms with Crippen LogP contribution < -0.4 is 5.32 Å². The molecule has 9 heteroatoms. The Morgan fingerprint density at radius 3 is 2.41 bits per heavy atom. The van der Waals surface area contributed by atoms with E-state index in [9.17, 15) is 18.5 Å². The van der Waals surface area contributed by atoms with Crippen molar-refractivity contribution in [1.29, 1.82) is 0 Å². The monoisotopic (exact) mass is 260 g/mol. The van der Waals surface area contributed by atoms with Gasteiger partial charge in [0, 0.05) is 12.3 Å². The Morgan fingerprint density at radius 1 is 1.47 bits per heavy atom. The van der Waals surface area contributed by atoms with Gasteiger partial charge in [-0.2, -0.15) is 0 Å². The highest BCUT2D eigenvalue weighted by atomic mass is 32.2. The first-order chi connectivity index (χ1) is 7.78. The molecule has 0 saturated heterocycles. The van der Waals surface area contributed by atoms with E-state index in [1.54, 1.807) is 6.92 Å². The van der Waals surface area contributed by atoms with E-state index >= 15 is 0 Å². The summed E-state index contributed by atoms with van der Waals surface area (Å²) in [6.45, 7) is 1.66. The van der Waals surface area contributed by atoms with E-state index in [1.807, 2.05) is 0 Å². The van der Waals surface area contributed by atoms with Gasteiger partial charge in [0.05, 0.1) is 10.7 Å². The van der Waals surface area contributed by atoms with E-state index in [-0.39, 0.29) is 23.4 Å². The van der Waals surface area contributed by atoms with Crippen molar-refractivity contribution in [2.24, 2.45) is 0 Å². The van der Waals surface area contributed by atoms with Gasteiger partial charge in [0.15, 0.2) is 0 Å². The maximum atomic E-state index is 11.0. The minimum Gasteiger partial charge on any atom is -0.351 e. The third-order valence-corrected chi connectivity index (χ3v) is 2.88. The van der Waals surface area contributed by atoms with Crippen molar-refractivity contribution < 1.29 is 13.3 Å². The van der Waals surface area contributed by atoms with Crippen LogP contribution in [0.15, 0.2) is 12.4 Å². The predicted molar refractivity (Wildman–Crippen MR) is 61.5 cm³/mol. The number of sulfone groups is 1. The number of rotatable bonds is 5. The molecule has 1 aromatic rings. The molecule has 0 bridgehead atoms.